The maximum atomic E-state index is 10.4. The molecule has 1 rings (SSSR count). The van der Waals surface area contributed by atoms with Crippen LogP contribution in [0.25, 0.3) is 0 Å². The van der Waals surface area contributed by atoms with Crippen LogP contribution in [-0.4, -0.2) is 35.4 Å². The summed E-state index contributed by atoms with van der Waals surface area (Å²) in [5, 5.41) is 15.9. The Kier molecular flexibility index (Phi) is 1.94. The van der Waals surface area contributed by atoms with Gasteiger partial charge in [0.05, 0.1) is 18.0 Å². The van der Waals surface area contributed by atoms with Crippen molar-refractivity contribution in [3.63, 3.8) is 0 Å². The summed E-state index contributed by atoms with van der Waals surface area (Å²) in [4.78, 5) is 12.1. The number of carboxylic acids is 1. The lowest BCUT2D eigenvalue weighted by molar-refractivity contribution is -0.132. The summed E-state index contributed by atoms with van der Waals surface area (Å²) in [6.45, 7) is 0.341. The van der Waals surface area contributed by atoms with Gasteiger partial charge in [-0.05, 0) is 0 Å². The average molecular weight is 154 g/mol. The van der Waals surface area contributed by atoms with Crippen molar-refractivity contribution in [1.29, 1.82) is 5.41 Å². The van der Waals surface area contributed by atoms with E-state index in [-0.39, 0.29) is 0 Å². The van der Waals surface area contributed by atoms with E-state index >= 15 is 0 Å². The topological polar surface area (TPSA) is 64.4 Å². The minimum Gasteiger partial charge on any atom is -0.478 e. The van der Waals surface area contributed by atoms with Gasteiger partial charge < -0.3 is 10.0 Å². The SMILES string of the molecule is CN1CC(C(=O)O)=CCC1=N. The molecular formula is C7H10N2O2. The van der Waals surface area contributed by atoms with Gasteiger partial charge in [-0.2, -0.15) is 0 Å². The number of likely N-dealkylation sites (N-methyl/N-ethyl adjacent to an activating group) is 1. The Morgan fingerprint density at radius 3 is 2.91 bits per heavy atom. The first-order chi connectivity index (χ1) is 5.11. The maximum Gasteiger partial charge on any atom is 0.333 e. The molecule has 0 unspecified atom stereocenters. The molecule has 0 saturated carbocycles. The van der Waals surface area contributed by atoms with E-state index in [0.717, 1.165) is 0 Å². The van der Waals surface area contributed by atoms with E-state index in [4.69, 9.17) is 10.5 Å². The molecule has 1 aliphatic rings. The highest BCUT2D eigenvalue weighted by atomic mass is 16.4. The van der Waals surface area contributed by atoms with Crippen molar-refractivity contribution >= 4 is 11.8 Å². The fourth-order valence-electron chi connectivity index (χ4n) is 0.946. The number of nitrogens with one attached hydrogen (secondary N) is 1. The molecule has 2 N–H and O–H groups in total. The Morgan fingerprint density at radius 1 is 1.82 bits per heavy atom. The highest BCUT2D eigenvalue weighted by Crippen LogP contribution is 2.08. The summed E-state index contributed by atoms with van der Waals surface area (Å²) in [7, 11) is 1.72. The van der Waals surface area contributed by atoms with Gasteiger partial charge in [0.25, 0.3) is 0 Å². The van der Waals surface area contributed by atoms with Crippen molar-refractivity contribution in [2.75, 3.05) is 13.6 Å². The molecule has 0 aliphatic carbocycles. The number of carbonyl (C=O) groups is 1. The summed E-state index contributed by atoms with van der Waals surface area (Å²) < 4.78 is 0. The van der Waals surface area contributed by atoms with Crippen LogP contribution in [0.2, 0.25) is 0 Å². The summed E-state index contributed by atoms with van der Waals surface area (Å²) in [6, 6.07) is 0. The average Bonchev–Trinajstić information content (AvgIpc) is 1.94. The predicted molar refractivity (Wildman–Crippen MR) is 40.7 cm³/mol. The first kappa shape index (κ1) is 7.78. The number of amidine groups is 1. The molecule has 0 amide bonds. The van der Waals surface area contributed by atoms with E-state index in [0.29, 0.717) is 24.4 Å². The molecule has 1 aliphatic heterocycles. The van der Waals surface area contributed by atoms with Crippen LogP contribution in [0, 0.1) is 5.41 Å². The number of rotatable bonds is 1. The molecule has 60 valence electrons. The molecule has 0 atom stereocenters. The van der Waals surface area contributed by atoms with Crippen LogP contribution in [-0.2, 0) is 4.79 Å². The highest BCUT2D eigenvalue weighted by molar-refractivity contribution is 5.92. The van der Waals surface area contributed by atoms with E-state index < -0.39 is 5.97 Å². The second-order valence-electron chi connectivity index (χ2n) is 2.54. The molecule has 4 nitrogen and oxygen atoms in total. The van der Waals surface area contributed by atoms with Crippen molar-refractivity contribution in [1.82, 2.24) is 4.90 Å². The Morgan fingerprint density at radius 2 is 2.45 bits per heavy atom. The van der Waals surface area contributed by atoms with Gasteiger partial charge in [0.2, 0.25) is 0 Å². The summed E-state index contributed by atoms with van der Waals surface area (Å²) >= 11 is 0. The van der Waals surface area contributed by atoms with Crippen molar-refractivity contribution in [3.05, 3.63) is 11.6 Å². The van der Waals surface area contributed by atoms with Gasteiger partial charge >= 0.3 is 5.97 Å². The Balaban J connectivity index is 2.74. The fraction of sp³-hybridized carbons (Fsp3) is 0.429. The van der Waals surface area contributed by atoms with Gasteiger partial charge in [0.15, 0.2) is 0 Å². The second kappa shape index (κ2) is 2.74. The molecule has 0 aromatic carbocycles. The first-order valence-electron chi connectivity index (χ1n) is 3.32. The minimum atomic E-state index is -0.885. The largest absolute Gasteiger partial charge is 0.478 e. The molecule has 0 fully saturated rings. The monoisotopic (exact) mass is 154 g/mol. The van der Waals surface area contributed by atoms with Gasteiger partial charge in [-0.25, -0.2) is 4.79 Å². The zero-order valence-electron chi connectivity index (χ0n) is 6.29. The molecular weight excluding hydrogens is 144 g/mol. The Hall–Kier alpha value is -1.32. The van der Waals surface area contributed by atoms with E-state index in [1.54, 1.807) is 18.0 Å². The molecule has 0 spiro atoms. The molecule has 0 aromatic heterocycles. The first-order valence-corrected chi connectivity index (χ1v) is 3.32. The van der Waals surface area contributed by atoms with Crippen LogP contribution in [0.3, 0.4) is 0 Å². The Labute approximate surface area is 64.6 Å². The van der Waals surface area contributed by atoms with E-state index in [1.807, 2.05) is 0 Å². The molecule has 0 radical (unpaired) electrons. The smallest absolute Gasteiger partial charge is 0.333 e. The summed E-state index contributed by atoms with van der Waals surface area (Å²) in [5.41, 5.74) is 0.378. The number of carboxylic acid groups (broad SMARTS) is 1. The lowest BCUT2D eigenvalue weighted by atomic mass is 10.1. The Bertz CT molecular complexity index is 233. The van der Waals surface area contributed by atoms with Crippen molar-refractivity contribution in [2.24, 2.45) is 0 Å². The predicted octanol–water partition coefficient (Wildman–Crippen LogP) is 0.310. The van der Waals surface area contributed by atoms with E-state index in [9.17, 15) is 4.79 Å². The normalized spacial score (nSPS) is 18.1. The summed E-state index contributed by atoms with van der Waals surface area (Å²) in [5.74, 6) is -0.417. The minimum absolute atomic E-state index is 0.341. The molecule has 11 heavy (non-hydrogen) atoms. The third kappa shape index (κ3) is 1.58. The van der Waals surface area contributed by atoms with Gasteiger partial charge in [0, 0.05) is 13.5 Å². The van der Waals surface area contributed by atoms with Crippen molar-refractivity contribution in [3.8, 4) is 0 Å². The summed E-state index contributed by atoms with van der Waals surface area (Å²) in [6.07, 6.45) is 2.02. The van der Waals surface area contributed by atoms with Crippen molar-refractivity contribution in [2.45, 2.75) is 6.42 Å². The highest BCUT2D eigenvalue weighted by Gasteiger charge is 2.16. The van der Waals surface area contributed by atoms with Gasteiger partial charge in [0.1, 0.15) is 0 Å². The lowest BCUT2D eigenvalue weighted by Crippen LogP contribution is -2.32. The third-order valence-corrected chi connectivity index (χ3v) is 1.68. The van der Waals surface area contributed by atoms with Crippen LogP contribution >= 0.6 is 0 Å². The van der Waals surface area contributed by atoms with Crippen LogP contribution < -0.4 is 0 Å². The number of nitrogens with zero attached hydrogens (tertiary/aromatic N) is 1. The molecule has 4 heteroatoms. The quantitative estimate of drug-likeness (QED) is 0.571. The van der Waals surface area contributed by atoms with E-state index in [2.05, 4.69) is 0 Å². The third-order valence-electron chi connectivity index (χ3n) is 1.68. The molecule has 1 heterocycles. The van der Waals surface area contributed by atoms with E-state index in [1.165, 1.54) is 0 Å². The van der Waals surface area contributed by atoms with Crippen LogP contribution in [0.5, 0.6) is 0 Å². The molecule has 0 bridgehead atoms. The molecule has 0 aromatic rings. The second-order valence-corrected chi connectivity index (χ2v) is 2.54. The number of hydrogen-bond donors (Lipinski definition) is 2. The fourth-order valence-corrected chi connectivity index (χ4v) is 0.946. The van der Waals surface area contributed by atoms with Gasteiger partial charge in [-0.3, -0.25) is 5.41 Å². The molecule has 0 saturated heterocycles. The standard InChI is InChI=1S/C7H10N2O2/c1-9-4-5(7(10)11)2-3-6(9)8/h2,8H,3-4H2,1H3,(H,10,11). The van der Waals surface area contributed by atoms with Crippen LogP contribution in [0.1, 0.15) is 6.42 Å². The number of aliphatic carboxylic acids is 1. The zero-order valence-corrected chi connectivity index (χ0v) is 6.29. The lowest BCUT2D eigenvalue weighted by Gasteiger charge is -2.23. The zero-order chi connectivity index (χ0) is 8.43. The maximum absolute atomic E-state index is 10.4. The van der Waals surface area contributed by atoms with Gasteiger partial charge in [-0.1, -0.05) is 6.08 Å². The van der Waals surface area contributed by atoms with Crippen LogP contribution in [0.4, 0.5) is 0 Å². The van der Waals surface area contributed by atoms with Crippen molar-refractivity contribution < 1.29 is 9.90 Å². The van der Waals surface area contributed by atoms with Gasteiger partial charge in [-0.15, -0.1) is 0 Å². The number of hydrogen-bond acceptors (Lipinski definition) is 2. The van der Waals surface area contributed by atoms with Crippen LogP contribution in [0.15, 0.2) is 11.6 Å².